The maximum absolute atomic E-state index is 15.0. The number of benzene rings is 1. The number of ketones is 1. The van der Waals surface area contributed by atoms with Crippen molar-refractivity contribution in [1.29, 1.82) is 0 Å². The van der Waals surface area contributed by atoms with Gasteiger partial charge >= 0.3 is 5.97 Å². The number of halogens is 2. The molecule has 0 radical (unpaired) electrons. The van der Waals surface area contributed by atoms with E-state index in [-0.39, 0.29) is 11.3 Å². The van der Waals surface area contributed by atoms with E-state index in [0.29, 0.717) is 11.1 Å². The molecule has 0 spiro atoms. The predicted octanol–water partition coefficient (Wildman–Crippen LogP) is 4.95. The van der Waals surface area contributed by atoms with E-state index in [1.54, 1.807) is 30.9 Å². The van der Waals surface area contributed by atoms with Crippen molar-refractivity contribution in [3.05, 3.63) is 70.6 Å². The number of hydrogen-bond donors (Lipinski definition) is 2. The molecule has 0 amide bonds. The third-order valence-corrected chi connectivity index (χ3v) is 5.20. The molecule has 0 saturated heterocycles. The number of H-pyrrole nitrogens is 1. The van der Waals surface area contributed by atoms with Crippen molar-refractivity contribution in [1.82, 2.24) is 9.78 Å². The lowest BCUT2D eigenvalue weighted by Gasteiger charge is -2.12. The highest BCUT2D eigenvalue weighted by Gasteiger charge is 2.23. The Morgan fingerprint density at radius 1 is 1.32 bits per heavy atom. The molecule has 1 aromatic carbocycles. The third kappa shape index (κ3) is 6.45. The second-order valence-electron chi connectivity index (χ2n) is 6.67. The highest BCUT2D eigenvalue weighted by Crippen LogP contribution is 2.26. The normalized spacial score (nSPS) is 10.8. The number of aryl methyl sites for hydroxylation is 2. The molecule has 0 aliphatic heterocycles. The van der Waals surface area contributed by atoms with Gasteiger partial charge in [-0.25, -0.2) is 13.6 Å². The molecule has 6 nitrogen and oxygen atoms in total. The molecule has 0 bridgehead atoms. The van der Waals surface area contributed by atoms with Gasteiger partial charge in [0.25, 0.3) is 0 Å². The summed E-state index contributed by atoms with van der Waals surface area (Å²) >= 11 is 1.28. The summed E-state index contributed by atoms with van der Waals surface area (Å²) in [6.45, 7) is 3.62. The summed E-state index contributed by atoms with van der Waals surface area (Å²) in [4.78, 5) is 24.5. The van der Waals surface area contributed by atoms with Crippen LogP contribution in [0.25, 0.3) is 6.08 Å². The lowest BCUT2D eigenvalue weighted by Crippen LogP contribution is -2.11. The zero-order valence-electron chi connectivity index (χ0n) is 17.8. The van der Waals surface area contributed by atoms with Gasteiger partial charge in [0, 0.05) is 36.8 Å². The fourth-order valence-corrected chi connectivity index (χ4v) is 3.30. The van der Waals surface area contributed by atoms with Crippen LogP contribution in [0.1, 0.15) is 40.4 Å². The number of esters is 1. The van der Waals surface area contributed by atoms with Crippen LogP contribution in [0.3, 0.4) is 0 Å². The Hall–Kier alpha value is -3.07. The monoisotopic (exact) mass is 449 g/mol. The second-order valence-corrected chi connectivity index (χ2v) is 7.58. The summed E-state index contributed by atoms with van der Waals surface area (Å²) in [6.07, 6.45) is 6.69. The summed E-state index contributed by atoms with van der Waals surface area (Å²) in [5.41, 5.74) is 0.525. The minimum absolute atomic E-state index is 0.0444. The first-order valence-corrected chi connectivity index (χ1v) is 10.5. The molecular formula is C22H25F2N3O3S. The zero-order valence-corrected chi connectivity index (χ0v) is 18.6. The van der Waals surface area contributed by atoms with Crippen LogP contribution < -0.4 is 4.72 Å². The van der Waals surface area contributed by atoms with Crippen molar-refractivity contribution in [2.45, 2.75) is 20.3 Å². The number of aromatic nitrogens is 2. The molecule has 0 saturated carbocycles. The molecule has 1 aromatic heterocycles. The number of hydrogen-bond acceptors (Lipinski definition) is 5. The smallest absolute Gasteiger partial charge is 0.330 e. The number of ether oxygens (including phenoxy) is 1. The van der Waals surface area contributed by atoms with Crippen molar-refractivity contribution in [2.24, 2.45) is 7.05 Å². The Bertz CT molecular complexity index is 1040. The van der Waals surface area contributed by atoms with E-state index < -0.39 is 29.0 Å². The van der Waals surface area contributed by atoms with Gasteiger partial charge in [0.1, 0.15) is 5.82 Å². The Balaban J connectivity index is 2.54. The van der Waals surface area contributed by atoms with Crippen molar-refractivity contribution in [3.8, 4) is 0 Å². The Morgan fingerprint density at radius 3 is 2.74 bits per heavy atom. The van der Waals surface area contributed by atoms with Crippen molar-refractivity contribution in [2.75, 3.05) is 17.6 Å². The number of methoxy groups -OCH3 is 1. The summed E-state index contributed by atoms with van der Waals surface area (Å²) in [7, 11) is 2.94. The summed E-state index contributed by atoms with van der Waals surface area (Å²) in [5, 5.41) is 2.86. The number of carbonyl (C=O) groups is 2. The molecule has 0 unspecified atom stereocenters. The maximum atomic E-state index is 15.0. The van der Waals surface area contributed by atoms with E-state index in [1.807, 2.05) is 6.92 Å². The summed E-state index contributed by atoms with van der Waals surface area (Å²) < 4.78 is 38.4. The number of rotatable bonds is 8. The average molecular weight is 450 g/mol. The number of aromatic amines is 1. The van der Waals surface area contributed by atoms with Gasteiger partial charge in [0.2, 0.25) is 5.78 Å². The Morgan fingerprint density at radius 2 is 2.06 bits per heavy atom. The molecule has 1 heterocycles. The van der Waals surface area contributed by atoms with E-state index in [4.69, 9.17) is 0 Å². The van der Waals surface area contributed by atoms with Crippen molar-refractivity contribution in [3.63, 3.8) is 0 Å². The van der Waals surface area contributed by atoms with Crippen LogP contribution in [0.15, 0.2) is 36.7 Å². The Labute approximate surface area is 184 Å². The quantitative estimate of drug-likeness (QED) is 0.196. The molecule has 0 aliphatic carbocycles. The van der Waals surface area contributed by atoms with Gasteiger partial charge in [0.15, 0.2) is 5.82 Å². The van der Waals surface area contributed by atoms with E-state index in [1.165, 1.54) is 43.5 Å². The van der Waals surface area contributed by atoms with Crippen LogP contribution in [0.4, 0.5) is 14.5 Å². The molecule has 2 rings (SSSR count). The minimum atomic E-state index is -0.945. The molecule has 166 valence electrons. The fraction of sp³-hybridized carbons (Fsp3) is 0.273. The standard InChI is InChI=1S/C22H25F2N3O3S/c1-5-10-31-26-18-8-7-17(23)20(21(18)24)22(29)16-12-25-27(3)13-15(11-14(16)2)6-9-19(28)30-4/h6-9,11-13,25-26H,5,10H2,1-4H3/b9-6+,14-11?,15-13?,16-12?. The largest absolute Gasteiger partial charge is 0.466 e. The van der Waals surface area contributed by atoms with E-state index in [2.05, 4.69) is 14.6 Å². The van der Waals surface area contributed by atoms with Crippen LogP contribution >= 0.6 is 11.9 Å². The molecular weight excluding hydrogens is 424 g/mol. The molecule has 2 N–H and O–H groups in total. The first-order chi connectivity index (χ1) is 14.8. The third-order valence-electron chi connectivity index (χ3n) is 4.23. The zero-order chi connectivity index (χ0) is 23.0. The van der Waals surface area contributed by atoms with Crippen LogP contribution in [-0.2, 0) is 16.6 Å². The van der Waals surface area contributed by atoms with Crippen molar-refractivity contribution < 1.29 is 23.1 Å². The molecule has 2 aromatic rings. The molecule has 0 aliphatic rings. The van der Waals surface area contributed by atoms with Gasteiger partial charge in [-0.3, -0.25) is 9.48 Å². The summed E-state index contributed by atoms with van der Waals surface area (Å²) in [5.74, 6) is -2.49. The van der Waals surface area contributed by atoms with Crippen LogP contribution in [0.5, 0.6) is 0 Å². The van der Waals surface area contributed by atoms with Gasteiger partial charge < -0.3 is 14.6 Å². The van der Waals surface area contributed by atoms with Gasteiger partial charge in [-0.2, -0.15) is 0 Å². The average Bonchev–Trinajstić information content (AvgIpc) is 2.72. The van der Waals surface area contributed by atoms with E-state index in [9.17, 15) is 18.4 Å². The fourth-order valence-electron chi connectivity index (χ4n) is 2.68. The lowest BCUT2D eigenvalue weighted by molar-refractivity contribution is -0.134. The predicted molar refractivity (Wildman–Crippen MR) is 119 cm³/mol. The summed E-state index contributed by atoms with van der Waals surface area (Å²) in [6, 6.07) is 3.97. The maximum Gasteiger partial charge on any atom is 0.330 e. The number of nitrogens with zero attached hydrogens (tertiary/aromatic N) is 1. The van der Waals surface area contributed by atoms with Gasteiger partial charge in [-0.05, 0) is 48.7 Å². The SMILES string of the molecule is CCCSNc1ccc(F)c(C(=O)c2c[nH]n(C)cc(/C=C/C(=O)OC)cc2C)c1F. The molecule has 31 heavy (non-hydrogen) atoms. The van der Waals surface area contributed by atoms with Crippen LogP contribution in [-0.4, -0.2) is 34.4 Å². The molecule has 0 fully saturated rings. The molecule has 9 heteroatoms. The van der Waals surface area contributed by atoms with E-state index in [0.717, 1.165) is 18.2 Å². The van der Waals surface area contributed by atoms with E-state index >= 15 is 0 Å². The minimum Gasteiger partial charge on any atom is -0.466 e. The number of nitrogens with one attached hydrogen (secondary N) is 2. The number of anilines is 1. The first kappa shape index (κ1) is 24.2. The van der Waals surface area contributed by atoms with Gasteiger partial charge in [-0.1, -0.05) is 18.9 Å². The van der Waals surface area contributed by atoms with Crippen LogP contribution in [0, 0.1) is 18.6 Å². The number of carbonyl (C=O) groups excluding carboxylic acids is 2. The Kier molecular flexibility index (Phi) is 8.87. The second kappa shape index (κ2) is 11.4. The molecule has 0 atom stereocenters. The van der Waals surface area contributed by atoms with Crippen LogP contribution in [0.2, 0.25) is 0 Å². The lowest BCUT2D eigenvalue weighted by atomic mass is 9.99. The highest BCUT2D eigenvalue weighted by molar-refractivity contribution is 8.00. The first-order valence-electron chi connectivity index (χ1n) is 9.54. The van der Waals surface area contributed by atoms with Crippen molar-refractivity contribution >= 4 is 35.5 Å². The topological polar surface area (TPSA) is 76.1 Å². The van der Waals surface area contributed by atoms with Gasteiger partial charge in [0.05, 0.1) is 18.4 Å². The van der Waals surface area contributed by atoms with Gasteiger partial charge in [-0.15, -0.1) is 0 Å². The highest BCUT2D eigenvalue weighted by atomic mass is 32.2.